The van der Waals surface area contributed by atoms with Crippen LogP contribution in [0.15, 0.2) is 42.5 Å². The Labute approximate surface area is 162 Å². The molecule has 2 heterocycles. The fourth-order valence-electron chi connectivity index (χ4n) is 2.92. The highest BCUT2D eigenvalue weighted by Crippen LogP contribution is 2.30. The first-order valence-corrected chi connectivity index (χ1v) is 9.74. The van der Waals surface area contributed by atoms with E-state index >= 15 is 0 Å². The van der Waals surface area contributed by atoms with E-state index < -0.39 is 0 Å². The van der Waals surface area contributed by atoms with E-state index in [1.807, 2.05) is 60.7 Å². The number of amides is 1. The smallest absolute Gasteiger partial charge is 0.264 e. The van der Waals surface area contributed by atoms with E-state index in [-0.39, 0.29) is 5.91 Å². The van der Waals surface area contributed by atoms with Gasteiger partial charge in [0.1, 0.15) is 4.83 Å². The summed E-state index contributed by atoms with van der Waals surface area (Å²) < 4.78 is 1.93. The molecule has 0 aliphatic heterocycles. The van der Waals surface area contributed by atoms with E-state index in [0.717, 1.165) is 36.9 Å². The third-order valence-electron chi connectivity index (χ3n) is 4.23. The van der Waals surface area contributed by atoms with Crippen LogP contribution in [0.25, 0.3) is 10.2 Å². The molecule has 1 aromatic carbocycles. The Hall–Kier alpha value is -2.11. The second-order valence-electron chi connectivity index (χ2n) is 6.44. The van der Waals surface area contributed by atoms with Gasteiger partial charge in [0.2, 0.25) is 0 Å². The maximum Gasteiger partial charge on any atom is 0.264 e. The largest absolute Gasteiger partial charge is 0.334 e. The molecule has 0 bridgehead atoms. The average Bonchev–Trinajstić information content (AvgIpc) is 3.16. The van der Waals surface area contributed by atoms with Crippen molar-refractivity contribution in [2.75, 3.05) is 13.1 Å². The lowest BCUT2D eigenvalue weighted by atomic mass is 10.2. The molecule has 2 aromatic heterocycles. The van der Waals surface area contributed by atoms with Crippen LogP contribution < -0.4 is 0 Å². The topological polar surface area (TPSA) is 38.1 Å². The van der Waals surface area contributed by atoms with Crippen LogP contribution >= 0.6 is 22.9 Å². The molecular weight excluding hydrogens is 366 g/mol. The van der Waals surface area contributed by atoms with Crippen molar-refractivity contribution >= 4 is 39.1 Å². The first kappa shape index (κ1) is 18.7. The minimum absolute atomic E-state index is 0.0420. The molecule has 1 amide bonds. The Morgan fingerprint density at radius 1 is 1.38 bits per heavy atom. The van der Waals surface area contributed by atoms with Crippen LogP contribution in [0.2, 0.25) is 5.02 Å². The van der Waals surface area contributed by atoms with Gasteiger partial charge in [0.15, 0.2) is 0 Å². The summed E-state index contributed by atoms with van der Waals surface area (Å²) in [5.41, 5.74) is 2.91. The summed E-state index contributed by atoms with van der Waals surface area (Å²) in [5, 5.41) is 6.38. The molecule has 3 aromatic rings. The van der Waals surface area contributed by atoms with Gasteiger partial charge in [-0.3, -0.25) is 9.48 Å². The van der Waals surface area contributed by atoms with E-state index in [1.165, 1.54) is 11.3 Å². The Balaban J connectivity index is 1.95. The van der Waals surface area contributed by atoms with Crippen LogP contribution in [0, 0.1) is 6.92 Å². The van der Waals surface area contributed by atoms with Crippen LogP contribution in [0.3, 0.4) is 0 Å². The Morgan fingerprint density at radius 3 is 2.77 bits per heavy atom. The number of halogens is 1. The molecule has 0 unspecified atom stereocenters. The number of hydrogen-bond donors (Lipinski definition) is 0. The zero-order valence-electron chi connectivity index (χ0n) is 15.3. The fraction of sp³-hybridized carbons (Fsp3) is 0.300. The van der Waals surface area contributed by atoms with Crippen molar-refractivity contribution in [2.45, 2.75) is 27.3 Å². The van der Waals surface area contributed by atoms with E-state index in [2.05, 4.69) is 11.7 Å². The number of aromatic nitrogens is 2. The van der Waals surface area contributed by atoms with Crippen molar-refractivity contribution in [3.05, 3.63) is 63.6 Å². The van der Waals surface area contributed by atoms with Crippen molar-refractivity contribution in [3.8, 4) is 0 Å². The van der Waals surface area contributed by atoms with Gasteiger partial charge in [-0.15, -0.1) is 11.3 Å². The second-order valence-corrected chi connectivity index (χ2v) is 7.88. The van der Waals surface area contributed by atoms with E-state index in [4.69, 9.17) is 11.6 Å². The number of nitrogens with zero attached hydrogens (tertiary/aromatic N) is 3. The van der Waals surface area contributed by atoms with Gasteiger partial charge in [0, 0.05) is 23.5 Å². The van der Waals surface area contributed by atoms with Crippen molar-refractivity contribution in [3.63, 3.8) is 0 Å². The molecule has 3 rings (SSSR count). The molecule has 136 valence electrons. The number of benzene rings is 1. The van der Waals surface area contributed by atoms with Gasteiger partial charge < -0.3 is 4.90 Å². The standard InChI is InChI=1S/C20H22ClN3OS/c1-5-23(11-13(2)3)19(25)18-10-16-14(4)22-24(20(16)26-18)12-15-8-6-7-9-17(15)21/h6-10H,2,5,11-12H2,1,3-4H3. The van der Waals surface area contributed by atoms with E-state index in [1.54, 1.807) is 0 Å². The Morgan fingerprint density at radius 2 is 2.12 bits per heavy atom. The van der Waals surface area contributed by atoms with Crippen molar-refractivity contribution in [1.29, 1.82) is 0 Å². The molecule has 26 heavy (non-hydrogen) atoms. The molecule has 0 saturated carbocycles. The number of thiophene rings is 1. The van der Waals surface area contributed by atoms with E-state index in [9.17, 15) is 4.79 Å². The monoisotopic (exact) mass is 387 g/mol. The van der Waals surface area contributed by atoms with Gasteiger partial charge in [-0.2, -0.15) is 5.10 Å². The van der Waals surface area contributed by atoms with Crippen LogP contribution in [0.5, 0.6) is 0 Å². The summed E-state index contributed by atoms with van der Waals surface area (Å²) in [6, 6.07) is 9.71. The molecule has 0 N–H and O–H groups in total. The van der Waals surface area contributed by atoms with Crippen molar-refractivity contribution in [1.82, 2.24) is 14.7 Å². The van der Waals surface area contributed by atoms with Gasteiger partial charge in [0.25, 0.3) is 5.91 Å². The predicted molar refractivity (Wildman–Crippen MR) is 109 cm³/mol. The quantitative estimate of drug-likeness (QED) is 0.549. The number of carbonyl (C=O) groups is 1. The molecule has 0 saturated heterocycles. The molecule has 0 aliphatic rings. The predicted octanol–water partition coefficient (Wildman–Crippen LogP) is 5.15. The second kappa shape index (κ2) is 7.64. The first-order chi connectivity index (χ1) is 12.4. The van der Waals surface area contributed by atoms with Crippen molar-refractivity contribution in [2.24, 2.45) is 0 Å². The number of hydrogen-bond acceptors (Lipinski definition) is 3. The van der Waals surface area contributed by atoms with Gasteiger partial charge in [-0.25, -0.2) is 0 Å². The average molecular weight is 388 g/mol. The lowest BCUT2D eigenvalue weighted by molar-refractivity contribution is 0.0783. The number of carbonyl (C=O) groups excluding carboxylic acids is 1. The molecule has 0 aliphatic carbocycles. The van der Waals surface area contributed by atoms with Gasteiger partial charge in [-0.1, -0.05) is 42.0 Å². The normalized spacial score (nSPS) is 11.1. The molecule has 0 radical (unpaired) electrons. The van der Waals surface area contributed by atoms with Crippen LogP contribution in [-0.2, 0) is 6.54 Å². The summed E-state index contributed by atoms with van der Waals surface area (Å²) >= 11 is 7.78. The third-order valence-corrected chi connectivity index (χ3v) is 5.73. The Kier molecular flexibility index (Phi) is 5.49. The molecule has 0 fully saturated rings. The highest BCUT2D eigenvalue weighted by atomic mass is 35.5. The number of likely N-dealkylation sites (N-methyl/N-ethyl adjacent to an activating group) is 1. The minimum atomic E-state index is 0.0420. The SMILES string of the molecule is C=C(C)CN(CC)C(=O)c1cc2c(C)nn(Cc3ccccc3Cl)c2s1. The van der Waals surface area contributed by atoms with Crippen LogP contribution in [0.1, 0.15) is 34.8 Å². The molecule has 4 nitrogen and oxygen atoms in total. The maximum absolute atomic E-state index is 12.9. The van der Waals surface area contributed by atoms with Gasteiger partial charge in [-0.05, 0) is 38.5 Å². The lowest BCUT2D eigenvalue weighted by Crippen LogP contribution is -2.31. The summed E-state index contributed by atoms with van der Waals surface area (Å²) in [6.45, 7) is 11.6. The number of fused-ring (bicyclic) bond motifs is 1. The summed E-state index contributed by atoms with van der Waals surface area (Å²) in [5.74, 6) is 0.0420. The van der Waals surface area contributed by atoms with Crippen molar-refractivity contribution < 1.29 is 4.79 Å². The first-order valence-electron chi connectivity index (χ1n) is 8.54. The van der Waals surface area contributed by atoms with Crippen LogP contribution in [-0.4, -0.2) is 33.7 Å². The van der Waals surface area contributed by atoms with E-state index in [0.29, 0.717) is 19.6 Å². The zero-order valence-corrected chi connectivity index (χ0v) is 16.8. The molecule has 6 heteroatoms. The summed E-state index contributed by atoms with van der Waals surface area (Å²) in [7, 11) is 0. The van der Waals surface area contributed by atoms with Crippen LogP contribution in [0.4, 0.5) is 0 Å². The fourth-order valence-corrected chi connectivity index (χ4v) is 4.25. The number of rotatable bonds is 6. The summed E-state index contributed by atoms with van der Waals surface area (Å²) in [4.78, 5) is 16.4. The third kappa shape index (κ3) is 3.69. The van der Waals surface area contributed by atoms with Gasteiger partial charge >= 0.3 is 0 Å². The Bertz CT molecular complexity index is 973. The number of aryl methyl sites for hydroxylation is 1. The molecule has 0 spiro atoms. The zero-order chi connectivity index (χ0) is 18.8. The van der Waals surface area contributed by atoms with Gasteiger partial charge in [0.05, 0.1) is 17.1 Å². The molecule has 0 atom stereocenters. The highest BCUT2D eigenvalue weighted by molar-refractivity contribution is 7.20. The molecular formula is C20H22ClN3OS. The maximum atomic E-state index is 12.9. The lowest BCUT2D eigenvalue weighted by Gasteiger charge is -2.19. The minimum Gasteiger partial charge on any atom is -0.334 e. The summed E-state index contributed by atoms with van der Waals surface area (Å²) in [6.07, 6.45) is 0. The highest BCUT2D eigenvalue weighted by Gasteiger charge is 2.20.